The molecule has 1 heterocycles. The van der Waals surface area contributed by atoms with Crippen LogP contribution in [0.3, 0.4) is 0 Å². The molecule has 142 valence electrons. The van der Waals surface area contributed by atoms with E-state index in [2.05, 4.69) is 0 Å². The Hall–Kier alpha value is -2.07. The molecule has 5 nitrogen and oxygen atoms in total. The third-order valence-corrected chi connectivity index (χ3v) is 8.32. The van der Waals surface area contributed by atoms with Crippen LogP contribution in [0, 0.1) is 5.82 Å². The second-order valence-corrected chi connectivity index (χ2v) is 11.3. The summed E-state index contributed by atoms with van der Waals surface area (Å²) in [5, 5.41) is 0. The van der Waals surface area contributed by atoms with Gasteiger partial charge in [0.15, 0.2) is 9.84 Å². The van der Waals surface area contributed by atoms with E-state index in [1.807, 2.05) is 0 Å². The first-order chi connectivity index (χ1) is 12.6. The van der Waals surface area contributed by atoms with Crippen LogP contribution < -0.4 is 5.73 Å². The first kappa shape index (κ1) is 19.7. The maximum absolute atomic E-state index is 13.2. The minimum atomic E-state index is -3.93. The van der Waals surface area contributed by atoms with E-state index in [0.717, 1.165) is 23.7 Å². The Morgan fingerprint density at radius 2 is 1.52 bits per heavy atom. The Morgan fingerprint density at radius 1 is 0.889 bits per heavy atom. The highest BCUT2D eigenvalue weighted by molar-refractivity contribution is 7.93. The lowest BCUT2D eigenvalue weighted by atomic mass is 10.1. The predicted octanol–water partition coefficient (Wildman–Crippen LogP) is 3.25. The number of hydrogen-bond acceptors (Lipinski definition) is 6. The molecule has 0 radical (unpaired) electrons. The van der Waals surface area contributed by atoms with Gasteiger partial charge in [0, 0.05) is 17.7 Å². The van der Waals surface area contributed by atoms with E-state index in [-0.39, 0.29) is 20.5 Å². The van der Waals surface area contributed by atoms with Crippen molar-refractivity contribution in [3.8, 4) is 11.1 Å². The highest BCUT2D eigenvalue weighted by Gasteiger charge is 2.23. The van der Waals surface area contributed by atoms with Crippen LogP contribution in [0.2, 0.25) is 0 Å². The van der Waals surface area contributed by atoms with E-state index in [1.54, 1.807) is 6.07 Å². The first-order valence-electron chi connectivity index (χ1n) is 7.76. The first-order valence-corrected chi connectivity index (χ1v) is 12.0. The highest BCUT2D eigenvalue weighted by atomic mass is 32.2. The summed E-state index contributed by atoms with van der Waals surface area (Å²) in [6.07, 6.45) is 1.00. The molecule has 9 heteroatoms. The third-order valence-electron chi connectivity index (χ3n) is 3.90. The van der Waals surface area contributed by atoms with Crippen molar-refractivity contribution in [1.29, 1.82) is 0 Å². The van der Waals surface area contributed by atoms with Crippen molar-refractivity contribution in [3.63, 3.8) is 0 Å². The van der Waals surface area contributed by atoms with Crippen molar-refractivity contribution in [2.24, 2.45) is 5.73 Å². The van der Waals surface area contributed by atoms with Crippen molar-refractivity contribution < 1.29 is 21.2 Å². The minimum absolute atomic E-state index is 0.0821. The number of halogens is 1. The largest absolute Gasteiger partial charge is 0.326 e. The average molecular weight is 426 g/mol. The number of rotatable bonds is 5. The van der Waals surface area contributed by atoms with Gasteiger partial charge in [0.2, 0.25) is 9.84 Å². The number of hydrogen-bond donors (Lipinski definition) is 1. The summed E-state index contributed by atoms with van der Waals surface area (Å²) < 4.78 is 63.4. The van der Waals surface area contributed by atoms with Gasteiger partial charge in [0.05, 0.1) is 9.79 Å². The van der Waals surface area contributed by atoms with Crippen molar-refractivity contribution in [3.05, 3.63) is 65.3 Å². The van der Waals surface area contributed by atoms with E-state index in [9.17, 15) is 21.2 Å². The zero-order valence-electron chi connectivity index (χ0n) is 14.2. The molecule has 0 atom stereocenters. The van der Waals surface area contributed by atoms with Gasteiger partial charge in [-0.2, -0.15) is 0 Å². The van der Waals surface area contributed by atoms with Gasteiger partial charge in [-0.05, 0) is 53.6 Å². The quantitative estimate of drug-likeness (QED) is 0.677. The van der Waals surface area contributed by atoms with E-state index >= 15 is 0 Å². The lowest BCUT2D eigenvalue weighted by Gasteiger charge is -2.10. The van der Waals surface area contributed by atoms with Gasteiger partial charge >= 0.3 is 0 Å². The summed E-state index contributed by atoms with van der Waals surface area (Å²) in [7, 11) is -7.59. The normalized spacial score (nSPS) is 12.3. The smallest absolute Gasteiger partial charge is 0.216 e. The van der Waals surface area contributed by atoms with Gasteiger partial charge in [-0.15, -0.1) is 11.3 Å². The number of thiophene rings is 1. The van der Waals surface area contributed by atoms with Crippen LogP contribution in [-0.4, -0.2) is 23.1 Å². The molecule has 0 aliphatic carbocycles. The number of sulfone groups is 2. The molecule has 3 rings (SSSR count). The molecule has 0 unspecified atom stereocenters. The van der Waals surface area contributed by atoms with Crippen molar-refractivity contribution in [2.45, 2.75) is 20.5 Å². The summed E-state index contributed by atoms with van der Waals surface area (Å²) in [6, 6.07) is 12.4. The van der Waals surface area contributed by atoms with Crippen LogP contribution in [0.25, 0.3) is 11.1 Å². The van der Waals surface area contributed by atoms with Crippen LogP contribution in [0.15, 0.2) is 68.6 Å². The summed E-state index contributed by atoms with van der Waals surface area (Å²) in [6.45, 7) is 0.213. The van der Waals surface area contributed by atoms with Gasteiger partial charge in [-0.25, -0.2) is 21.2 Å². The van der Waals surface area contributed by atoms with Gasteiger partial charge < -0.3 is 5.73 Å². The average Bonchev–Trinajstić information content (AvgIpc) is 3.11. The van der Waals surface area contributed by atoms with Crippen LogP contribution >= 0.6 is 11.3 Å². The molecule has 0 saturated heterocycles. The van der Waals surface area contributed by atoms with Crippen molar-refractivity contribution >= 4 is 31.0 Å². The Balaban J connectivity index is 2.23. The molecular weight excluding hydrogens is 409 g/mol. The maximum Gasteiger partial charge on any atom is 0.216 e. The zero-order valence-corrected chi connectivity index (χ0v) is 16.7. The molecule has 2 aromatic carbocycles. The highest BCUT2D eigenvalue weighted by Crippen LogP contribution is 2.32. The third kappa shape index (κ3) is 4.11. The molecule has 0 spiro atoms. The lowest BCUT2D eigenvalue weighted by Crippen LogP contribution is -2.04. The minimum Gasteiger partial charge on any atom is -0.326 e. The van der Waals surface area contributed by atoms with E-state index < -0.39 is 25.5 Å². The van der Waals surface area contributed by atoms with Crippen LogP contribution in [0.5, 0.6) is 0 Å². The summed E-state index contributed by atoms with van der Waals surface area (Å²) >= 11 is 1.04. The number of benzene rings is 2. The monoisotopic (exact) mass is 425 g/mol. The predicted molar refractivity (Wildman–Crippen MR) is 103 cm³/mol. The molecule has 27 heavy (non-hydrogen) atoms. The molecule has 0 aliphatic rings. The topological polar surface area (TPSA) is 94.3 Å². The van der Waals surface area contributed by atoms with E-state index in [4.69, 9.17) is 5.73 Å². The SMILES string of the molecule is CS(=O)(=O)c1cc(-c2ccc(F)cc2)cc(S(=O)(=O)c2ccc(CN)s2)c1. The molecule has 2 N–H and O–H groups in total. The summed E-state index contributed by atoms with van der Waals surface area (Å²) in [5.41, 5.74) is 6.42. The second-order valence-electron chi connectivity index (χ2n) is 5.90. The van der Waals surface area contributed by atoms with Gasteiger partial charge in [0.1, 0.15) is 10.0 Å². The Kier molecular flexibility index (Phi) is 5.22. The molecule has 0 amide bonds. The van der Waals surface area contributed by atoms with Crippen LogP contribution in [0.1, 0.15) is 4.88 Å². The standard InChI is InChI=1S/C18H16FNO4S3/c1-26(21,22)16-8-13(12-2-4-14(19)5-3-12)9-17(10-16)27(23,24)18-7-6-15(11-20)25-18/h2-10H,11,20H2,1H3. The zero-order chi connectivity index (χ0) is 19.8. The molecule has 0 aliphatic heterocycles. The summed E-state index contributed by atoms with van der Waals surface area (Å²) in [4.78, 5) is 0.431. The van der Waals surface area contributed by atoms with Gasteiger partial charge in [-0.3, -0.25) is 0 Å². The van der Waals surface area contributed by atoms with Crippen molar-refractivity contribution in [1.82, 2.24) is 0 Å². The Bertz CT molecular complexity index is 1200. The summed E-state index contributed by atoms with van der Waals surface area (Å²) in [5.74, 6) is -0.446. The molecule has 0 fully saturated rings. The molecular formula is C18H16FNO4S3. The van der Waals surface area contributed by atoms with E-state index in [0.29, 0.717) is 16.0 Å². The van der Waals surface area contributed by atoms with Gasteiger partial charge in [-0.1, -0.05) is 12.1 Å². The lowest BCUT2D eigenvalue weighted by molar-refractivity contribution is 0.597. The van der Waals surface area contributed by atoms with Gasteiger partial charge in [0.25, 0.3) is 0 Å². The molecule has 3 aromatic rings. The fraction of sp³-hybridized carbons (Fsp3) is 0.111. The number of nitrogens with two attached hydrogens (primary N) is 1. The Labute approximate surface area is 161 Å². The Morgan fingerprint density at radius 3 is 2.07 bits per heavy atom. The fourth-order valence-electron chi connectivity index (χ4n) is 2.48. The van der Waals surface area contributed by atoms with Crippen LogP contribution in [0.4, 0.5) is 4.39 Å². The fourth-order valence-corrected chi connectivity index (χ4v) is 5.94. The molecule has 0 bridgehead atoms. The maximum atomic E-state index is 13.2. The second kappa shape index (κ2) is 7.16. The van der Waals surface area contributed by atoms with Crippen molar-refractivity contribution in [2.75, 3.05) is 6.26 Å². The van der Waals surface area contributed by atoms with Crippen LogP contribution in [-0.2, 0) is 26.2 Å². The van der Waals surface area contributed by atoms with E-state index in [1.165, 1.54) is 42.5 Å². The molecule has 1 aromatic heterocycles. The molecule has 0 saturated carbocycles.